The summed E-state index contributed by atoms with van der Waals surface area (Å²) < 4.78 is 27.0. The van der Waals surface area contributed by atoms with E-state index >= 15 is 0 Å². The molecule has 0 aliphatic carbocycles. The number of hydrogen-bond donors (Lipinski definition) is 2. The Bertz CT molecular complexity index is 508. The lowest BCUT2D eigenvalue weighted by atomic mass is 10.0. The van der Waals surface area contributed by atoms with Crippen LogP contribution in [-0.2, 0) is 16.6 Å². The minimum atomic E-state index is -3.51. The molecule has 0 spiro atoms. The molecule has 1 heterocycles. The fourth-order valence-corrected chi connectivity index (χ4v) is 2.92. The van der Waals surface area contributed by atoms with Gasteiger partial charge in [0.2, 0.25) is 0 Å². The first-order valence-corrected chi connectivity index (χ1v) is 9.05. The molecule has 0 bridgehead atoms. The Labute approximate surface area is 128 Å². The van der Waals surface area contributed by atoms with E-state index in [1.54, 1.807) is 18.3 Å². The Kier molecular flexibility index (Phi) is 7.28. The summed E-state index contributed by atoms with van der Waals surface area (Å²) in [7, 11) is -3.51. The predicted molar refractivity (Wildman–Crippen MR) is 85.5 cm³/mol. The standard InChI is InChI=1S/C15H27N3O2S/c1-5-13(6-2)11-18-21(19,20)15-8-7-14(10-17-15)9-16-12(3)4/h7-8,10,12-13,16,18H,5-6,9,11H2,1-4H3. The molecule has 120 valence electrons. The molecule has 21 heavy (non-hydrogen) atoms. The molecule has 0 atom stereocenters. The van der Waals surface area contributed by atoms with Crippen molar-refractivity contribution in [2.45, 2.75) is 58.1 Å². The Balaban J connectivity index is 2.66. The monoisotopic (exact) mass is 313 g/mol. The Hall–Kier alpha value is -0.980. The van der Waals surface area contributed by atoms with E-state index < -0.39 is 10.0 Å². The van der Waals surface area contributed by atoms with Gasteiger partial charge in [-0.2, -0.15) is 0 Å². The lowest BCUT2D eigenvalue weighted by molar-refractivity contribution is 0.478. The molecule has 0 unspecified atom stereocenters. The molecule has 0 aliphatic rings. The molecule has 0 radical (unpaired) electrons. The third-order valence-corrected chi connectivity index (χ3v) is 4.84. The van der Waals surface area contributed by atoms with Gasteiger partial charge in [-0.05, 0) is 17.5 Å². The van der Waals surface area contributed by atoms with Crippen LogP contribution in [0.2, 0.25) is 0 Å². The molecule has 0 aliphatic heterocycles. The average Bonchev–Trinajstić information content (AvgIpc) is 2.46. The van der Waals surface area contributed by atoms with Gasteiger partial charge in [0.05, 0.1) is 0 Å². The van der Waals surface area contributed by atoms with E-state index in [1.165, 1.54) is 0 Å². The first-order chi connectivity index (χ1) is 9.89. The van der Waals surface area contributed by atoms with Gasteiger partial charge in [-0.15, -0.1) is 0 Å². The van der Waals surface area contributed by atoms with E-state index in [0.717, 1.165) is 18.4 Å². The van der Waals surface area contributed by atoms with Gasteiger partial charge in [0.15, 0.2) is 5.03 Å². The van der Waals surface area contributed by atoms with E-state index in [1.807, 2.05) is 0 Å². The van der Waals surface area contributed by atoms with Gasteiger partial charge in [-0.1, -0.05) is 46.6 Å². The Morgan fingerprint density at radius 3 is 2.33 bits per heavy atom. The fourth-order valence-electron chi connectivity index (χ4n) is 1.88. The normalized spacial score (nSPS) is 12.3. The van der Waals surface area contributed by atoms with Crippen LogP contribution in [0.15, 0.2) is 23.4 Å². The maximum absolute atomic E-state index is 12.2. The van der Waals surface area contributed by atoms with Crippen molar-refractivity contribution in [2.75, 3.05) is 6.54 Å². The summed E-state index contributed by atoms with van der Waals surface area (Å²) in [6, 6.07) is 3.75. The molecule has 0 saturated heterocycles. The smallest absolute Gasteiger partial charge is 0.258 e. The van der Waals surface area contributed by atoms with Crippen LogP contribution in [0.5, 0.6) is 0 Å². The second-order valence-corrected chi connectivity index (χ2v) is 7.29. The van der Waals surface area contributed by atoms with Crippen molar-refractivity contribution >= 4 is 10.0 Å². The molecular weight excluding hydrogens is 286 g/mol. The van der Waals surface area contributed by atoms with Crippen LogP contribution in [0.4, 0.5) is 0 Å². The SMILES string of the molecule is CCC(CC)CNS(=O)(=O)c1ccc(CNC(C)C)cn1. The zero-order valence-electron chi connectivity index (χ0n) is 13.4. The summed E-state index contributed by atoms with van der Waals surface area (Å²) in [6.07, 6.45) is 3.54. The van der Waals surface area contributed by atoms with E-state index in [0.29, 0.717) is 25.0 Å². The molecule has 2 N–H and O–H groups in total. The van der Waals surface area contributed by atoms with Crippen molar-refractivity contribution < 1.29 is 8.42 Å². The number of rotatable bonds is 9. The van der Waals surface area contributed by atoms with Crippen LogP contribution < -0.4 is 10.0 Å². The highest BCUT2D eigenvalue weighted by atomic mass is 32.2. The van der Waals surface area contributed by atoms with Crippen molar-refractivity contribution in [1.29, 1.82) is 0 Å². The van der Waals surface area contributed by atoms with Crippen LogP contribution in [0.3, 0.4) is 0 Å². The number of sulfonamides is 1. The van der Waals surface area contributed by atoms with Gasteiger partial charge < -0.3 is 5.32 Å². The van der Waals surface area contributed by atoms with Gasteiger partial charge in [-0.25, -0.2) is 18.1 Å². The highest BCUT2D eigenvalue weighted by Crippen LogP contribution is 2.10. The molecule has 0 saturated carbocycles. The van der Waals surface area contributed by atoms with Crippen LogP contribution in [0.1, 0.15) is 46.1 Å². The minimum absolute atomic E-state index is 0.0850. The van der Waals surface area contributed by atoms with E-state index in [2.05, 4.69) is 42.7 Å². The molecule has 5 nitrogen and oxygen atoms in total. The van der Waals surface area contributed by atoms with Gasteiger partial charge in [0, 0.05) is 25.3 Å². The van der Waals surface area contributed by atoms with Crippen molar-refractivity contribution in [3.05, 3.63) is 23.9 Å². The average molecular weight is 313 g/mol. The van der Waals surface area contributed by atoms with Crippen LogP contribution in [0, 0.1) is 5.92 Å². The maximum atomic E-state index is 12.2. The molecule has 6 heteroatoms. The van der Waals surface area contributed by atoms with Crippen LogP contribution in [-0.4, -0.2) is 26.0 Å². The lowest BCUT2D eigenvalue weighted by Gasteiger charge is -2.13. The van der Waals surface area contributed by atoms with Crippen LogP contribution in [0.25, 0.3) is 0 Å². The predicted octanol–water partition coefficient (Wildman–Crippen LogP) is 2.29. The largest absolute Gasteiger partial charge is 0.310 e. The lowest BCUT2D eigenvalue weighted by Crippen LogP contribution is -2.29. The first-order valence-electron chi connectivity index (χ1n) is 7.57. The summed E-state index contributed by atoms with van der Waals surface area (Å²) in [5, 5.41) is 3.36. The highest BCUT2D eigenvalue weighted by Gasteiger charge is 2.16. The third-order valence-electron chi connectivity index (χ3n) is 3.50. The Morgan fingerprint density at radius 1 is 1.19 bits per heavy atom. The second-order valence-electron chi connectivity index (χ2n) is 5.57. The molecule has 0 amide bonds. The molecule has 1 aromatic rings. The molecule has 1 rings (SSSR count). The van der Waals surface area contributed by atoms with Gasteiger partial charge in [-0.3, -0.25) is 0 Å². The number of pyridine rings is 1. The summed E-state index contributed by atoms with van der Waals surface area (Å²) in [5.74, 6) is 0.370. The summed E-state index contributed by atoms with van der Waals surface area (Å²) in [6.45, 7) is 9.41. The fraction of sp³-hybridized carbons (Fsp3) is 0.667. The zero-order chi connectivity index (χ0) is 15.9. The molecule has 0 aromatic carbocycles. The van der Waals surface area contributed by atoms with Gasteiger partial charge >= 0.3 is 0 Å². The minimum Gasteiger partial charge on any atom is -0.310 e. The second kappa shape index (κ2) is 8.46. The van der Waals surface area contributed by atoms with E-state index in [-0.39, 0.29) is 5.03 Å². The van der Waals surface area contributed by atoms with Crippen molar-refractivity contribution in [3.8, 4) is 0 Å². The Morgan fingerprint density at radius 2 is 1.86 bits per heavy atom. The zero-order valence-corrected chi connectivity index (χ0v) is 14.2. The number of nitrogens with zero attached hydrogens (tertiary/aromatic N) is 1. The van der Waals surface area contributed by atoms with E-state index in [9.17, 15) is 8.42 Å². The van der Waals surface area contributed by atoms with Crippen molar-refractivity contribution in [3.63, 3.8) is 0 Å². The quantitative estimate of drug-likeness (QED) is 0.734. The van der Waals surface area contributed by atoms with Crippen molar-refractivity contribution in [2.24, 2.45) is 5.92 Å². The maximum Gasteiger partial charge on any atom is 0.258 e. The molecular formula is C15H27N3O2S. The first kappa shape index (κ1) is 18.1. The number of nitrogens with one attached hydrogen (secondary N) is 2. The summed E-state index contributed by atoms with van der Waals surface area (Å²) in [4.78, 5) is 4.07. The number of aromatic nitrogens is 1. The topological polar surface area (TPSA) is 71.1 Å². The molecule has 1 aromatic heterocycles. The van der Waals surface area contributed by atoms with Crippen LogP contribution >= 0.6 is 0 Å². The van der Waals surface area contributed by atoms with Gasteiger partial charge in [0.1, 0.15) is 0 Å². The van der Waals surface area contributed by atoms with E-state index in [4.69, 9.17) is 0 Å². The molecule has 0 fully saturated rings. The van der Waals surface area contributed by atoms with Gasteiger partial charge in [0.25, 0.3) is 10.0 Å². The highest BCUT2D eigenvalue weighted by molar-refractivity contribution is 7.89. The number of hydrogen-bond acceptors (Lipinski definition) is 4. The summed E-state index contributed by atoms with van der Waals surface area (Å²) in [5.41, 5.74) is 0.975. The summed E-state index contributed by atoms with van der Waals surface area (Å²) >= 11 is 0. The van der Waals surface area contributed by atoms with Crippen molar-refractivity contribution in [1.82, 2.24) is 15.0 Å². The third kappa shape index (κ3) is 6.11.